The van der Waals surface area contributed by atoms with Gasteiger partial charge in [0.1, 0.15) is 6.10 Å². The summed E-state index contributed by atoms with van der Waals surface area (Å²) < 4.78 is 37.4. The van der Waals surface area contributed by atoms with Gasteiger partial charge in [0.05, 0.1) is 12.4 Å². The first kappa shape index (κ1) is 29.9. The lowest BCUT2D eigenvalue weighted by atomic mass is 9.79. The van der Waals surface area contributed by atoms with Crippen LogP contribution in [-0.2, 0) is 29.1 Å². The highest BCUT2D eigenvalue weighted by Gasteiger charge is 2.31. The Bertz CT molecular complexity index is 603. The number of rotatable bonds is 19. The van der Waals surface area contributed by atoms with Crippen molar-refractivity contribution < 1.29 is 27.5 Å². The van der Waals surface area contributed by atoms with Crippen molar-refractivity contribution in [3.05, 3.63) is 0 Å². The maximum atomic E-state index is 12.2. The maximum Gasteiger partial charge on any atom is 0.305 e. The number of hydrogen-bond acceptors (Lipinski definition) is 6. The predicted octanol–water partition coefficient (Wildman–Crippen LogP) is 4.74. The lowest BCUT2D eigenvalue weighted by molar-refractivity contribution is -0.153. The van der Waals surface area contributed by atoms with E-state index in [0.717, 1.165) is 44.9 Å². The summed E-state index contributed by atoms with van der Waals surface area (Å²) in [5.74, 6) is -0.378. The molecule has 7 nitrogen and oxygen atoms in total. The van der Waals surface area contributed by atoms with Gasteiger partial charge >= 0.3 is 11.9 Å². The van der Waals surface area contributed by atoms with Gasteiger partial charge < -0.3 is 9.47 Å². The molecule has 0 saturated carbocycles. The zero-order chi connectivity index (χ0) is 23.8. The van der Waals surface area contributed by atoms with Crippen molar-refractivity contribution in [2.75, 3.05) is 18.9 Å². The van der Waals surface area contributed by atoms with Crippen molar-refractivity contribution in [1.82, 2.24) is 4.72 Å². The normalized spacial score (nSPS) is 13.1. The van der Waals surface area contributed by atoms with E-state index in [1.165, 1.54) is 6.92 Å². The molecule has 31 heavy (non-hydrogen) atoms. The first-order valence-electron chi connectivity index (χ1n) is 11.8. The minimum atomic E-state index is -3.30. The lowest BCUT2D eigenvalue weighted by Gasteiger charge is -2.34. The summed E-state index contributed by atoms with van der Waals surface area (Å²) in [6, 6.07) is 0. The van der Waals surface area contributed by atoms with Crippen LogP contribution in [-0.4, -0.2) is 45.4 Å². The summed E-state index contributed by atoms with van der Waals surface area (Å²) in [6.45, 7) is 10.4. The number of carbonyl (C=O) groups is 2. The minimum absolute atomic E-state index is 0.0814. The molecule has 0 saturated heterocycles. The Labute approximate surface area is 190 Å². The molecule has 184 valence electrons. The monoisotopic (exact) mass is 463 g/mol. The average molecular weight is 464 g/mol. The van der Waals surface area contributed by atoms with E-state index in [4.69, 9.17) is 9.47 Å². The Morgan fingerprint density at radius 2 is 1.65 bits per heavy atom. The largest absolute Gasteiger partial charge is 0.466 e. The van der Waals surface area contributed by atoms with Crippen molar-refractivity contribution in [3.63, 3.8) is 0 Å². The van der Waals surface area contributed by atoms with Crippen LogP contribution in [0, 0.1) is 5.41 Å². The van der Waals surface area contributed by atoms with Crippen LogP contribution in [0.4, 0.5) is 0 Å². The average Bonchev–Trinajstić information content (AvgIpc) is 2.67. The highest BCUT2D eigenvalue weighted by molar-refractivity contribution is 7.89. The Morgan fingerprint density at radius 1 is 0.968 bits per heavy atom. The zero-order valence-corrected chi connectivity index (χ0v) is 21.2. The number of carbonyl (C=O) groups excluding carboxylic acids is 2. The van der Waals surface area contributed by atoms with Gasteiger partial charge in [-0.3, -0.25) is 9.59 Å². The summed E-state index contributed by atoms with van der Waals surface area (Å²) in [4.78, 5) is 22.7. The first-order valence-corrected chi connectivity index (χ1v) is 13.5. The van der Waals surface area contributed by atoms with E-state index in [9.17, 15) is 18.0 Å². The van der Waals surface area contributed by atoms with Crippen LogP contribution in [0.2, 0.25) is 0 Å². The van der Waals surface area contributed by atoms with E-state index in [1.807, 2.05) is 0 Å². The smallest absolute Gasteiger partial charge is 0.305 e. The van der Waals surface area contributed by atoms with Crippen molar-refractivity contribution in [1.29, 1.82) is 0 Å². The van der Waals surface area contributed by atoms with Gasteiger partial charge in [0.25, 0.3) is 0 Å². The molecule has 0 amide bonds. The summed E-state index contributed by atoms with van der Waals surface area (Å²) in [7, 11) is -3.30. The Kier molecular flexibility index (Phi) is 15.9. The van der Waals surface area contributed by atoms with Crippen molar-refractivity contribution in [2.45, 2.75) is 111 Å². The molecule has 0 radical (unpaired) electrons. The second kappa shape index (κ2) is 16.5. The van der Waals surface area contributed by atoms with Crippen LogP contribution in [0.1, 0.15) is 105 Å². The van der Waals surface area contributed by atoms with Crippen molar-refractivity contribution >= 4 is 22.0 Å². The second-order valence-electron chi connectivity index (χ2n) is 8.87. The maximum absolute atomic E-state index is 12.2. The van der Waals surface area contributed by atoms with Crippen LogP contribution < -0.4 is 4.72 Å². The fraction of sp³-hybridized carbons (Fsp3) is 0.913. The van der Waals surface area contributed by atoms with Gasteiger partial charge in [-0.25, -0.2) is 13.1 Å². The highest BCUT2D eigenvalue weighted by Crippen LogP contribution is 2.33. The third kappa shape index (κ3) is 16.2. The zero-order valence-electron chi connectivity index (χ0n) is 20.3. The number of esters is 2. The third-order valence-electron chi connectivity index (χ3n) is 5.42. The lowest BCUT2D eigenvalue weighted by Crippen LogP contribution is -2.34. The van der Waals surface area contributed by atoms with Crippen LogP contribution in [0.25, 0.3) is 0 Å². The molecule has 0 aromatic rings. The van der Waals surface area contributed by atoms with Gasteiger partial charge in [-0.2, -0.15) is 0 Å². The number of ether oxygens (including phenoxy) is 2. The molecular formula is C23H45NO6S. The quantitative estimate of drug-likeness (QED) is 0.219. The predicted molar refractivity (Wildman–Crippen MR) is 124 cm³/mol. The topological polar surface area (TPSA) is 98.8 Å². The van der Waals surface area contributed by atoms with E-state index in [-0.39, 0.29) is 29.2 Å². The third-order valence-corrected chi connectivity index (χ3v) is 6.89. The fourth-order valence-electron chi connectivity index (χ4n) is 3.51. The Hall–Kier alpha value is -1.15. The second-order valence-corrected chi connectivity index (χ2v) is 10.8. The number of nitrogens with one attached hydrogen (secondary N) is 1. The van der Waals surface area contributed by atoms with E-state index in [0.29, 0.717) is 38.8 Å². The molecular weight excluding hydrogens is 418 g/mol. The van der Waals surface area contributed by atoms with Gasteiger partial charge in [-0.1, -0.05) is 46.5 Å². The molecule has 0 heterocycles. The Morgan fingerprint density at radius 3 is 2.26 bits per heavy atom. The molecule has 0 aromatic carbocycles. The molecule has 0 aliphatic rings. The van der Waals surface area contributed by atoms with Crippen molar-refractivity contribution in [2.24, 2.45) is 5.41 Å². The van der Waals surface area contributed by atoms with Crippen LogP contribution in [0.5, 0.6) is 0 Å². The SMILES string of the molecule is CCCCC(C)(C)C(CCCCS(=O)(=O)NCCCCCCC(=O)OCC)OC(C)=O. The van der Waals surface area contributed by atoms with E-state index >= 15 is 0 Å². The van der Waals surface area contributed by atoms with Crippen LogP contribution in [0.3, 0.4) is 0 Å². The summed E-state index contributed by atoms with van der Waals surface area (Å²) >= 11 is 0. The van der Waals surface area contributed by atoms with Crippen molar-refractivity contribution in [3.8, 4) is 0 Å². The van der Waals surface area contributed by atoms with Crippen LogP contribution >= 0.6 is 0 Å². The Balaban J connectivity index is 4.12. The molecule has 0 aliphatic heterocycles. The number of hydrogen-bond donors (Lipinski definition) is 1. The van der Waals surface area contributed by atoms with Gasteiger partial charge in [0.15, 0.2) is 0 Å². The molecule has 0 rings (SSSR count). The van der Waals surface area contributed by atoms with Gasteiger partial charge in [0, 0.05) is 25.3 Å². The van der Waals surface area contributed by atoms with Gasteiger partial charge in [-0.15, -0.1) is 0 Å². The highest BCUT2D eigenvalue weighted by atomic mass is 32.2. The molecule has 0 aromatic heterocycles. The minimum Gasteiger partial charge on any atom is -0.466 e. The molecule has 0 fully saturated rings. The number of sulfonamides is 1. The molecule has 0 bridgehead atoms. The molecule has 1 N–H and O–H groups in total. The fourth-order valence-corrected chi connectivity index (χ4v) is 4.69. The van der Waals surface area contributed by atoms with Gasteiger partial charge in [0.2, 0.25) is 10.0 Å². The number of unbranched alkanes of at least 4 members (excludes halogenated alkanes) is 5. The van der Waals surface area contributed by atoms with E-state index < -0.39 is 10.0 Å². The molecule has 0 spiro atoms. The molecule has 8 heteroatoms. The van der Waals surface area contributed by atoms with E-state index in [2.05, 4.69) is 25.5 Å². The standard InChI is InChI=1S/C23H45NO6S/c1-6-8-17-23(4,5)21(30-20(3)25)15-12-14-19-31(27,28)24-18-13-10-9-11-16-22(26)29-7-2/h21,24H,6-19H2,1-5H3. The first-order chi connectivity index (χ1) is 14.5. The summed E-state index contributed by atoms with van der Waals surface area (Å²) in [6.07, 6.45) is 8.55. The van der Waals surface area contributed by atoms with E-state index in [1.54, 1.807) is 6.92 Å². The molecule has 1 unspecified atom stereocenters. The summed E-state index contributed by atoms with van der Waals surface area (Å²) in [5.41, 5.74) is -0.119. The summed E-state index contributed by atoms with van der Waals surface area (Å²) in [5, 5.41) is 0. The van der Waals surface area contributed by atoms with Gasteiger partial charge in [-0.05, 0) is 45.4 Å². The molecule has 1 atom stereocenters. The molecule has 0 aliphatic carbocycles. The van der Waals surface area contributed by atoms with Crippen LogP contribution in [0.15, 0.2) is 0 Å².